The Balaban J connectivity index is 1.43. The van der Waals surface area contributed by atoms with E-state index in [0.717, 1.165) is 37.9 Å². The number of likely N-dealkylation sites (tertiary alicyclic amines) is 1. The van der Waals surface area contributed by atoms with Gasteiger partial charge in [0.05, 0.1) is 5.56 Å². The second kappa shape index (κ2) is 7.87. The number of tetrazole rings is 1. The number of amides is 1. The van der Waals surface area contributed by atoms with Gasteiger partial charge in [-0.05, 0) is 53.3 Å². The van der Waals surface area contributed by atoms with Crippen LogP contribution in [0.4, 0.5) is 0 Å². The van der Waals surface area contributed by atoms with Crippen molar-refractivity contribution in [3.63, 3.8) is 0 Å². The average molecular weight is 343 g/mol. The lowest BCUT2D eigenvalue weighted by Gasteiger charge is -2.16. The van der Waals surface area contributed by atoms with Crippen LogP contribution < -0.4 is 0 Å². The molecule has 1 aromatic heterocycles. The minimum absolute atomic E-state index is 0.178. The minimum atomic E-state index is -0.911. The summed E-state index contributed by atoms with van der Waals surface area (Å²) in [6, 6.07) is 6.99. The quantitative estimate of drug-likeness (QED) is 0.812. The number of hydrogen-bond acceptors (Lipinski definition) is 5. The summed E-state index contributed by atoms with van der Waals surface area (Å²) in [6.45, 7) is 2.21. The number of carboxylic acid groups (broad SMARTS) is 1. The van der Waals surface area contributed by atoms with Gasteiger partial charge in [0, 0.05) is 26.1 Å². The molecule has 0 bridgehead atoms. The van der Waals surface area contributed by atoms with Crippen molar-refractivity contribution in [2.75, 3.05) is 13.1 Å². The number of aryl methyl sites for hydroxylation is 1. The van der Waals surface area contributed by atoms with Crippen molar-refractivity contribution in [1.82, 2.24) is 25.1 Å². The van der Waals surface area contributed by atoms with E-state index in [-0.39, 0.29) is 5.91 Å². The Kier molecular flexibility index (Phi) is 5.37. The molecule has 1 aromatic carbocycles. The molecule has 8 nitrogen and oxygen atoms in total. The number of carbonyl (C=O) groups is 2. The fourth-order valence-corrected chi connectivity index (χ4v) is 3.18. The highest BCUT2D eigenvalue weighted by Crippen LogP contribution is 2.22. The van der Waals surface area contributed by atoms with Gasteiger partial charge in [0.2, 0.25) is 5.91 Å². The van der Waals surface area contributed by atoms with E-state index in [1.165, 1.54) is 0 Å². The van der Waals surface area contributed by atoms with Gasteiger partial charge in [0.25, 0.3) is 0 Å². The third kappa shape index (κ3) is 4.62. The maximum atomic E-state index is 12.3. The second-order valence-corrected chi connectivity index (χ2v) is 6.38. The summed E-state index contributed by atoms with van der Waals surface area (Å²) < 4.78 is 1.63. The Bertz CT molecular complexity index is 714. The fraction of sp³-hybridized carbons (Fsp3) is 0.471. The number of carboxylic acids is 1. The zero-order chi connectivity index (χ0) is 17.6. The summed E-state index contributed by atoms with van der Waals surface area (Å²) in [5.74, 6) is -0.304. The molecule has 0 unspecified atom stereocenters. The van der Waals surface area contributed by atoms with Crippen LogP contribution in [0.15, 0.2) is 30.6 Å². The lowest BCUT2D eigenvalue weighted by molar-refractivity contribution is -0.130. The normalized spacial score (nSPS) is 17.0. The topological polar surface area (TPSA) is 101 Å². The molecule has 1 fully saturated rings. The fourth-order valence-electron chi connectivity index (χ4n) is 3.18. The number of carbonyl (C=O) groups excluding carboxylic acids is 1. The van der Waals surface area contributed by atoms with Crippen molar-refractivity contribution in [3.05, 3.63) is 41.7 Å². The van der Waals surface area contributed by atoms with E-state index in [0.29, 0.717) is 24.4 Å². The van der Waals surface area contributed by atoms with E-state index < -0.39 is 5.97 Å². The molecular formula is C17H21N5O3. The predicted molar refractivity (Wildman–Crippen MR) is 88.8 cm³/mol. The van der Waals surface area contributed by atoms with Gasteiger partial charge in [-0.25, -0.2) is 9.48 Å². The summed E-state index contributed by atoms with van der Waals surface area (Å²) in [7, 11) is 0. The zero-order valence-corrected chi connectivity index (χ0v) is 13.9. The average Bonchev–Trinajstić information content (AvgIpc) is 3.27. The Morgan fingerprint density at radius 2 is 2.04 bits per heavy atom. The van der Waals surface area contributed by atoms with Crippen molar-refractivity contribution in [3.8, 4) is 0 Å². The predicted octanol–water partition coefficient (Wildman–Crippen LogP) is 1.24. The molecule has 1 aliphatic heterocycles. The van der Waals surface area contributed by atoms with Gasteiger partial charge in [-0.3, -0.25) is 4.79 Å². The first-order chi connectivity index (χ1) is 12.1. The summed E-state index contributed by atoms with van der Waals surface area (Å²) in [5.41, 5.74) is 1.41. The Morgan fingerprint density at radius 1 is 1.24 bits per heavy atom. The van der Waals surface area contributed by atoms with Crippen LogP contribution in [-0.4, -0.2) is 55.2 Å². The summed E-state index contributed by atoms with van der Waals surface area (Å²) in [6.07, 6.45) is 4.63. The van der Waals surface area contributed by atoms with E-state index in [1.807, 2.05) is 17.0 Å². The highest BCUT2D eigenvalue weighted by atomic mass is 16.4. The largest absolute Gasteiger partial charge is 0.478 e. The summed E-state index contributed by atoms with van der Waals surface area (Å²) in [4.78, 5) is 25.1. The summed E-state index contributed by atoms with van der Waals surface area (Å²) in [5, 5.41) is 19.8. The lowest BCUT2D eigenvalue weighted by atomic mass is 9.98. The molecule has 2 heterocycles. The van der Waals surface area contributed by atoms with E-state index in [2.05, 4.69) is 15.5 Å². The number of aromatic nitrogens is 4. The molecule has 1 aliphatic rings. The van der Waals surface area contributed by atoms with Gasteiger partial charge in [0.1, 0.15) is 6.33 Å². The molecule has 0 saturated carbocycles. The maximum absolute atomic E-state index is 12.3. The molecule has 132 valence electrons. The van der Waals surface area contributed by atoms with Crippen LogP contribution in [0.5, 0.6) is 0 Å². The van der Waals surface area contributed by atoms with E-state index >= 15 is 0 Å². The summed E-state index contributed by atoms with van der Waals surface area (Å²) >= 11 is 0. The van der Waals surface area contributed by atoms with Crippen LogP contribution in [0, 0.1) is 5.92 Å². The molecule has 25 heavy (non-hydrogen) atoms. The highest BCUT2D eigenvalue weighted by molar-refractivity contribution is 5.87. The van der Waals surface area contributed by atoms with E-state index in [1.54, 1.807) is 23.1 Å². The lowest BCUT2D eigenvalue weighted by Crippen LogP contribution is -2.29. The van der Waals surface area contributed by atoms with Crippen molar-refractivity contribution >= 4 is 11.9 Å². The SMILES string of the molecule is O=C(O)c1ccc(C[C@@H]2CCN(C(=O)CCCn3cnnn3)C2)cc1. The number of rotatable bonds is 7. The third-order valence-electron chi connectivity index (χ3n) is 4.53. The molecule has 3 rings (SSSR count). The van der Waals surface area contributed by atoms with Crippen LogP contribution in [0.25, 0.3) is 0 Å². The molecule has 1 amide bonds. The van der Waals surface area contributed by atoms with Crippen LogP contribution in [-0.2, 0) is 17.8 Å². The first-order valence-electron chi connectivity index (χ1n) is 8.42. The van der Waals surface area contributed by atoms with Crippen molar-refractivity contribution < 1.29 is 14.7 Å². The standard InChI is InChI=1S/C17H21N5O3/c23-16(2-1-8-22-12-18-19-20-22)21-9-7-14(11-21)10-13-3-5-15(6-4-13)17(24)25/h3-6,12,14H,1-2,7-11H2,(H,24,25)/t14-/m0/s1. The van der Waals surface area contributed by atoms with Crippen LogP contribution >= 0.6 is 0 Å². The number of aromatic carboxylic acids is 1. The van der Waals surface area contributed by atoms with Gasteiger partial charge in [-0.1, -0.05) is 12.1 Å². The molecule has 0 radical (unpaired) electrons. The zero-order valence-electron chi connectivity index (χ0n) is 13.9. The van der Waals surface area contributed by atoms with Crippen LogP contribution in [0.2, 0.25) is 0 Å². The molecule has 2 aromatic rings. The van der Waals surface area contributed by atoms with E-state index in [4.69, 9.17) is 5.11 Å². The highest BCUT2D eigenvalue weighted by Gasteiger charge is 2.25. The van der Waals surface area contributed by atoms with Crippen molar-refractivity contribution in [2.24, 2.45) is 5.92 Å². The van der Waals surface area contributed by atoms with Gasteiger partial charge >= 0.3 is 5.97 Å². The molecule has 0 aliphatic carbocycles. The smallest absolute Gasteiger partial charge is 0.335 e. The molecule has 1 atom stereocenters. The number of hydrogen-bond donors (Lipinski definition) is 1. The first-order valence-corrected chi connectivity index (χ1v) is 8.42. The van der Waals surface area contributed by atoms with Gasteiger partial charge < -0.3 is 10.0 Å². The van der Waals surface area contributed by atoms with Crippen molar-refractivity contribution in [1.29, 1.82) is 0 Å². The third-order valence-corrected chi connectivity index (χ3v) is 4.53. The van der Waals surface area contributed by atoms with Gasteiger partial charge in [-0.2, -0.15) is 0 Å². The maximum Gasteiger partial charge on any atom is 0.335 e. The Hall–Kier alpha value is -2.77. The number of benzene rings is 1. The number of nitrogens with zero attached hydrogens (tertiary/aromatic N) is 5. The molecular weight excluding hydrogens is 322 g/mol. The second-order valence-electron chi connectivity index (χ2n) is 6.38. The Labute approximate surface area is 145 Å². The molecule has 1 N–H and O–H groups in total. The first kappa shape index (κ1) is 17.1. The molecule has 1 saturated heterocycles. The van der Waals surface area contributed by atoms with E-state index in [9.17, 15) is 9.59 Å². The molecule has 8 heteroatoms. The minimum Gasteiger partial charge on any atom is -0.478 e. The molecule has 0 spiro atoms. The van der Waals surface area contributed by atoms with Gasteiger partial charge in [0.15, 0.2) is 0 Å². The van der Waals surface area contributed by atoms with Crippen molar-refractivity contribution in [2.45, 2.75) is 32.2 Å². The monoisotopic (exact) mass is 343 g/mol. The van der Waals surface area contributed by atoms with Crippen LogP contribution in [0.1, 0.15) is 35.2 Å². The Morgan fingerprint density at radius 3 is 2.72 bits per heavy atom. The van der Waals surface area contributed by atoms with Crippen LogP contribution in [0.3, 0.4) is 0 Å². The van der Waals surface area contributed by atoms with Gasteiger partial charge in [-0.15, -0.1) is 5.10 Å².